The number of carbonyl (C=O) groups excluding carboxylic acids is 3. The lowest BCUT2D eigenvalue weighted by molar-refractivity contribution is -0.145. The Morgan fingerprint density at radius 3 is 2.60 bits per heavy atom. The first kappa shape index (κ1) is 33.6. The molecule has 15 heteroatoms. The normalized spacial score (nSPS) is 26.1. The summed E-state index contributed by atoms with van der Waals surface area (Å²) in [6.45, 7) is 0.0831. The van der Waals surface area contributed by atoms with Gasteiger partial charge in [-0.3, -0.25) is 14.4 Å². The number of ether oxygens (including phenoxy) is 1. The van der Waals surface area contributed by atoms with Crippen molar-refractivity contribution in [3.8, 4) is 27.7 Å². The summed E-state index contributed by atoms with van der Waals surface area (Å²) in [6, 6.07) is 8.48. The first-order valence-corrected chi connectivity index (χ1v) is 18.4. The Bertz CT molecular complexity index is 1890. The van der Waals surface area contributed by atoms with Crippen molar-refractivity contribution in [3.05, 3.63) is 70.4 Å². The summed E-state index contributed by atoms with van der Waals surface area (Å²) in [5.74, 6) is -2.06. The van der Waals surface area contributed by atoms with Crippen LogP contribution in [0.1, 0.15) is 60.7 Å². The van der Waals surface area contributed by atoms with Gasteiger partial charge in [-0.2, -0.15) is 9.90 Å². The number of aromatic nitrogens is 4. The minimum Gasteiger partial charge on any atom is -0.497 e. The molecule has 4 aromatic rings. The Morgan fingerprint density at radius 2 is 1.88 bits per heavy atom. The Kier molecular flexibility index (Phi) is 9.51. The summed E-state index contributed by atoms with van der Waals surface area (Å²) in [6.07, 6.45) is 9.49. The van der Waals surface area contributed by atoms with Crippen LogP contribution in [-0.4, -0.2) is 85.0 Å². The van der Waals surface area contributed by atoms with Gasteiger partial charge in [0.1, 0.15) is 39.8 Å². The molecule has 0 spiro atoms. The van der Waals surface area contributed by atoms with Crippen LogP contribution in [0.2, 0.25) is 0 Å². The monoisotopic (exact) mass is 715 g/mol. The Balaban J connectivity index is 1.24. The molecule has 3 N–H and O–H groups in total. The highest BCUT2D eigenvalue weighted by atomic mass is 32.1. The molecule has 2 fully saturated rings. The van der Waals surface area contributed by atoms with E-state index >= 15 is 0 Å². The molecular weight excluding hydrogens is 679 g/mol. The highest BCUT2D eigenvalue weighted by molar-refractivity contribution is 7.13. The lowest BCUT2D eigenvalue weighted by Crippen LogP contribution is -2.56. The second-order valence-electron chi connectivity index (χ2n) is 12.8. The largest absolute Gasteiger partial charge is 0.497 e. The fraction of sp³-hybridized carbons (Fsp3) is 0.400. The van der Waals surface area contributed by atoms with E-state index in [-0.39, 0.29) is 31.2 Å². The minimum atomic E-state index is -1.43. The number of thiazole rings is 1. The highest BCUT2D eigenvalue weighted by Gasteiger charge is 2.61. The maximum atomic E-state index is 14.5. The number of nitrogens with one attached hydrogen (secondary N) is 2. The summed E-state index contributed by atoms with van der Waals surface area (Å²) in [5.41, 5.74) is 0.499. The van der Waals surface area contributed by atoms with Crippen LogP contribution in [0.5, 0.6) is 5.75 Å². The van der Waals surface area contributed by atoms with Crippen molar-refractivity contribution in [2.45, 2.75) is 68.6 Å². The first-order valence-electron chi connectivity index (χ1n) is 16.7. The number of methoxy groups -OCH3 is 1. The molecule has 0 bridgehead atoms. The van der Waals surface area contributed by atoms with Gasteiger partial charge in [-0.25, -0.2) is 9.78 Å². The van der Waals surface area contributed by atoms with E-state index in [1.807, 2.05) is 41.8 Å². The van der Waals surface area contributed by atoms with Crippen molar-refractivity contribution in [2.24, 2.45) is 5.92 Å². The zero-order chi connectivity index (χ0) is 34.8. The number of carboxylic acids is 1. The van der Waals surface area contributed by atoms with Crippen molar-refractivity contribution in [3.63, 3.8) is 0 Å². The molecule has 0 radical (unpaired) electrons. The maximum Gasteiger partial charge on any atom is 0.330 e. The zero-order valence-electron chi connectivity index (χ0n) is 27.4. The van der Waals surface area contributed by atoms with Gasteiger partial charge in [0.25, 0.3) is 5.91 Å². The van der Waals surface area contributed by atoms with Gasteiger partial charge in [0.15, 0.2) is 0 Å². The summed E-state index contributed by atoms with van der Waals surface area (Å²) in [7, 11) is 1.59. The number of benzene rings is 1. The predicted octanol–water partition coefficient (Wildman–Crippen LogP) is 4.56. The number of hydrogen-bond donors (Lipinski definition) is 3. The van der Waals surface area contributed by atoms with Crippen LogP contribution in [0.4, 0.5) is 0 Å². The average Bonchev–Trinajstić information content (AvgIpc) is 3.77. The SMILES string of the molecule is COc1ccc(-c2nn([C@@H]3C[C@H]4C(=O)N[C@]5(C(=O)O)C[C@H]5/C=C\CCCCC[C@H](NC(=O)c5cccs5)C(=O)N4C3)nc2-c2nccs2)cc1. The molecule has 260 valence electrons. The van der Waals surface area contributed by atoms with Crippen LogP contribution in [-0.2, 0) is 14.4 Å². The molecule has 2 aliphatic heterocycles. The second kappa shape index (κ2) is 14.2. The van der Waals surface area contributed by atoms with E-state index in [4.69, 9.17) is 14.9 Å². The number of amides is 3. The standard InChI is InChI=1S/C35H37N7O6S2/c1-48-24-13-11-21(12-14-24)28-29(32-36-15-17-50-32)40-42(39-28)23-18-26-30(43)38-35(34(46)47)19-22(35)8-5-3-2-4-6-9-25(33(45)41(26)20-23)37-31(44)27-10-7-16-49-27/h5,7-8,10-17,22-23,25-26H,2-4,6,9,18-20H2,1H3,(H,37,44)(H,38,43)(H,46,47)/b8-5-/t22-,23-,25+,26+,35-/m1/s1. The number of rotatable bonds is 7. The van der Waals surface area contributed by atoms with Crippen LogP contribution in [0, 0.1) is 5.92 Å². The number of nitrogens with zero attached hydrogens (tertiary/aromatic N) is 5. The number of allylic oxidation sites excluding steroid dienone is 1. The van der Waals surface area contributed by atoms with Crippen LogP contribution >= 0.6 is 22.7 Å². The van der Waals surface area contributed by atoms with Gasteiger partial charge in [-0.15, -0.1) is 27.8 Å². The van der Waals surface area contributed by atoms with Crippen LogP contribution in [0.3, 0.4) is 0 Å². The van der Waals surface area contributed by atoms with Crippen molar-refractivity contribution in [2.75, 3.05) is 13.7 Å². The molecule has 5 heterocycles. The van der Waals surface area contributed by atoms with Crippen molar-refractivity contribution < 1.29 is 29.0 Å². The molecule has 3 amide bonds. The summed E-state index contributed by atoms with van der Waals surface area (Å²) < 4.78 is 5.34. The fourth-order valence-electron chi connectivity index (χ4n) is 6.80. The quantitative estimate of drug-likeness (QED) is 0.232. The third-order valence-corrected chi connectivity index (χ3v) is 11.3. The topological polar surface area (TPSA) is 169 Å². The molecule has 1 aliphatic carbocycles. The van der Waals surface area contributed by atoms with E-state index < -0.39 is 41.4 Å². The molecule has 0 unspecified atom stereocenters. The number of carbonyl (C=O) groups is 4. The molecule has 50 heavy (non-hydrogen) atoms. The van der Waals surface area contributed by atoms with Gasteiger partial charge in [-0.1, -0.05) is 31.1 Å². The Morgan fingerprint density at radius 1 is 1.06 bits per heavy atom. The smallest absolute Gasteiger partial charge is 0.330 e. The van der Waals surface area contributed by atoms with Crippen LogP contribution in [0.15, 0.2) is 65.5 Å². The number of aliphatic carboxylic acids is 1. The molecular formula is C35H37N7O6S2. The average molecular weight is 716 g/mol. The molecule has 13 nitrogen and oxygen atoms in total. The second-order valence-corrected chi connectivity index (χ2v) is 14.7. The lowest BCUT2D eigenvalue weighted by Gasteiger charge is -2.29. The third kappa shape index (κ3) is 6.66. The molecule has 1 saturated carbocycles. The van der Waals surface area contributed by atoms with Gasteiger partial charge in [-0.05, 0) is 61.4 Å². The number of hydrogen-bond acceptors (Lipinski definition) is 10. The predicted molar refractivity (Wildman–Crippen MR) is 187 cm³/mol. The molecule has 5 atom stereocenters. The third-order valence-electron chi connectivity index (χ3n) is 9.64. The molecule has 3 aromatic heterocycles. The van der Waals surface area contributed by atoms with Gasteiger partial charge < -0.3 is 25.4 Å². The van der Waals surface area contributed by atoms with E-state index in [1.165, 1.54) is 32.4 Å². The maximum absolute atomic E-state index is 14.5. The molecule has 1 aromatic carbocycles. The molecule has 1 saturated heterocycles. The molecule has 3 aliphatic rings. The molecule has 7 rings (SSSR count). The minimum absolute atomic E-state index is 0.0831. The van der Waals surface area contributed by atoms with Crippen LogP contribution < -0.4 is 15.4 Å². The van der Waals surface area contributed by atoms with E-state index in [2.05, 4.69) is 15.6 Å². The van der Waals surface area contributed by atoms with E-state index in [0.717, 1.165) is 24.8 Å². The van der Waals surface area contributed by atoms with Crippen LogP contribution in [0.25, 0.3) is 22.0 Å². The number of thiophene rings is 1. The number of carboxylic acid groups (broad SMARTS) is 1. The Labute approximate surface area is 296 Å². The van der Waals surface area contributed by atoms with Gasteiger partial charge in [0, 0.05) is 36.0 Å². The van der Waals surface area contributed by atoms with Crippen molar-refractivity contribution in [1.29, 1.82) is 0 Å². The summed E-state index contributed by atoms with van der Waals surface area (Å²) >= 11 is 2.70. The number of fused-ring (bicyclic) bond motifs is 2. The van der Waals surface area contributed by atoms with Gasteiger partial charge in [0.05, 0.1) is 18.0 Å². The van der Waals surface area contributed by atoms with E-state index in [9.17, 15) is 24.3 Å². The zero-order valence-corrected chi connectivity index (χ0v) is 29.0. The first-order chi connectivity index (χ1) is 24.3. The summed E-state index contributed by atoms with van der Waals surface area (Å²) in [4.78, 5) is 62.3. The Hall–Kier alpha value is -4.89. The van der Waals surface area contributed by atoms with Crippen molar-refractivity contribution >= 4 is 46.4 Å². The van der Waals surface area contributed by atoms with Gasteiger partial charge in [0.2, 0.25) is 11.8 Å². The van der Waals surface area contributed by atoms with E-state index in [0.29, 0.717) is 39.9 Å². The fourth-order valence-corrected chi connectivity index (χ4v) is 8.04. The van der Waals surface area contributed by atoms with Gasteiger partial charge >= 0.3 is 5.97 Å². The van der Waals surface area contributed by atoms with Crippen molar-refractivity contribution in [1.82, 2.24) is 35.5 Å². The van der Waals surface area contributed by atoms with E-state index in [1.54, 1.807) is 30.8 Å². The summed E-state index contributed by atoms with van der Waals surface area (Å²) in [5, 5.41) is 30.0. The highest BCUT2D eigenvalue weighted by Crippen LogP contribution is 2.46. The lowest BCUT2D eigenvalue weighted by atomic mass is 10.0.